The second kappa shape index (κ2) is 9.96. The molecule has 0 saturated carbocycles. The molecule has 0 unspecified atom stereocenters. The molecule has 4 heteroatoms. The summed E-state index contributed by atoms with van der Waals surface area (Å²) in [6, 6.07) is 37.3. The maximum atomic E-state index is 2.60. The van der Waals surface area contributed by atoms with E-state index in [2.05, 4.69) is 144 Å². The van der Waals surface area contributed by atoms with E-state index in [0.29, 0.717) is 17.8 Å². The first kappa shape index (κ1) is 27.0. The molecule has 0 radical (unpaired) electrons. The van der Waals surface area contributed by atoms with E-state index in [1.54, 1.807) is 0 Å². The molecule has 0 amide bonds. The number of hydrogen-bond donors (Lipinski definition) is 0. The van der Waals surface area contributed by atoms with Crippen molar-refractivity contribution in [2.45, 2.75) is 64.2 Å². The van der Waals surface area contributed by atoms with Crippen LogP contribution in [-0.2, 0) is 0 Å². The summed E-state index contributed by atoms with van der Waals surface area (Å²) >= 11 is 2.03. The molecule has 3 aliphatic heterocycles. The number of fused-ring (bicyclic) bond motifs is 7. The van der Waals surface area contributed by atoms with Gasteiger partial charge in [0.1, 0.15) is 0 Å². The van der Waals surface area contributed by atoms with Gasteiger partial charge in [-0.1, -0.05) is 126 Å². The fourth-order valence-electron chi connectivity index (χ4n) is 7.85. The van der Waals surface area contributed by atoms with Crippen LogP contribution < -0.4 is 32.2 Å². The Morgan fingerprint density at radius 3 is 1.84 bits per heavy atom. The van der Waals surface area contributed by atoms with Crippen LogP contribution in [0, 0.1) is 0 Å². The molecule has 1 nitrogen and oxygen atoms in total. The fourth-order valence-corrected chi connectivity index (χ4v) is 9.25. The van der Waals surface area contributed by atoms with Crippen molar-refractivity contribution in [3.8, 4) is 11.1 Å². The van der Waals surface area contributed by atoms with E-state index in [1.807, 2.05) is 11.6 Å². The molecule has 3 heterocycles. The minimum atomic E-state index is 0.178. The maximum Gasteiger partial charge on any atom is 0.285 e. The molecule has 0 aliphatic carbocycles. The fraction of sp³-hybridized carbons (Fsp3) is 0.231. The summed E-state index contributed by atoms with van der Waals surface area (Å²) in [6.07, 6.45) is 0. The van der Waals surface area contributed by atoms with Crippen LogP contribution in [0.5, 0.6) is 0 Å². The molecule has 5 aromatic rings. The second-order valence-corrected chi connectivity index (χ2v) is 14.6. The molecule has 0 fully saturated rings. The maximum absolute atomic E-state index is 2.60. The third-order valence-electron chi connectivity index (χ3n) is 9.88. The lowest BCUT2D eigenvalue weighted by molar-refractivity contribution is 0.812. The summed E-state index contributed by atoms with van der Waals surface area (Å²) in [5, 5.41) is 0. The molecule has 210 valence electrons. The van der Waals surface area contributed by atoms with Gasteiger partial charge in [0.05, 0.1) is 0 Å². The normalized spacial score (nSPS) is 14.2. The summed E-state index contributed by atoms with van der Waals surface area (Å²) in [4.78, 5) is 3.98. The van der Waals surface area contributed by atoms with E-state index in [9.17, 15) is 0 Å². The van der Waals surface area contributed by atoms with E-state index in [1.165, 1.54) is 77.1 Å². The molecule has 43 heavy (non-hydrogen) atoms. The van der Waals surface area contributed by atoms with Crippen LogP contribution in [0.4, 0.5) is 17.1 Å². The summed E-state index contributed by atoms with van der Waals surface area (Å²) in [5.41, 5.74) is 18.5. The summed E-state index contributed by atoms with van der Waals surface area (Å²) < 4.78 is 0. The highest BCUT2D eigenvalue weighted by Crippen LogP contribution is 2.46. The summed E-state index contributed by atoms with van der Waals surface area (Å²) in [7, 11) is 0. The molecule has 8 rings (SSSR count). The smallest absolute Gasteiger partial charge is 0.285 e. The molecular weight excluding hydrogens is 536 g/mol. The van der Waals surface area contributed by atoms with Crippen molar-refractivity contribution < 1.29 is 0 Å². The summed E-state index contributed by atoms with van der Waals surface area (Å²) in [5.74, 6) is 1.63. The quantitative estimate of drug-likeness (QED) is 0.201. The number of nitrogens with zero attached hydrogens (tertiary/aromatic N) is 1. The zero-order valence-electron chi connectivity index (χ0n) is 26.0. The minimum absolute atomic E-state index is 0.178. The standard InChI is InChI=1S/C39H37B2NS/c1-23(2)26-21-29(24(3)4)37(30(22-26)25(5)6)40-31-14-8-10-16-34(31)42-35-17-11-9-15-32(35)41-38-28(19-20-33(40)39(38)42)27-13-7-12-18-36(27)43-41/h7-25H,1-6H3. The van der Waals surface area contributed by atoms with Crippen molar-refractivity contribution >= 4 is 68.7 Å². The number of anilines is 3. The van der Waals surface area contributed by atoms with E-state index in [4.69, 9.17) is 0 Å². The third kappa shape index (κ3) is 3.88. The first-order valence-corrected chi connectivity index (χ1v) is 16.8. The number of hydrogen-bond acceptors (Lipinski definition) is 2. The average molecular weight is 573 g/mol. The van der Waals surface area contributed by atoms with Gasteiger partial charge in [0, 0.05) is 22.0 Å². The summed E-state index contributed by atoms with van der Waals surface area (Å²) in [6.45, 7) is 14.4. The van der Waals surface area contributed by atoms with Gasteiger partial charge in [-0.2, -0.15) is 11.6 Å². The zero-order valence-corrected chi connectivity index (χ0v) is 26.8. The monoisotopic (exact) mass is 573 g/mol. The topological polar surface area (TPSA) is 3.24 Å². The average Bonchev–Trinajstić information content (AvgIpc) is 3.02. The van der Waals surface area contributed by atoms with Crippen LogP contribution in [-0.4, -0.2) is 12.7 Å². The van der Waals surface area contributed by atoms with Gasteiger partial charge in [0.15, 0.2) is 0 Å². The van der Waals surface area contributed by atoms with Gasteiger partial charge in [-0.25, -0.2) is 0 Å². The van der Waals surface area contributed by atoms with Gasteiger partial charge in [-0.3, -0.25) is 0 Å². The molecule has 0 saturated heterocycles. The largest absolute Gasteiger partial charge is 0.312 e. The number of benzene rings is 5. The molecule has 3 aliphatic rings. The highest BCUT2D eigenvalue weighted by Gasteiger charge is 2.46. The van der Waals surface area contributed by atoms with Gasteiger partial charge >= 0.3 is 0 Å². The predicted octanol–water partition coefficient (Wildman–Crippen LogP) is 7.55. The van der Waals surface area contributed by atoms with E-state index in [-0.39, 0.29) is 12.7 Å². The van der Waals surface area contributed by atoms with Crippen molar-refractivity contribution in [1.82, 2.24) is 0 Å². The Bertz CT molecular complexity index is 1890. The predicted molar refractivity (Wildman–Crippen MR) is 191 cm³/mol. The van der Waals surface area contributed by atoms with Crippen LogP contribution in [0.1, 0.15) is 76.0 Å². The SMILES string of the molecule is CC(C)c1cc(C(C)C)c(B2c3ccccc3N3c4ccccc4B4Sc5ccccc5-c5ccc2c3c54)c(C(C)C)c1. The first-order valence-electron chi connectivity index (χ1n) is 15.9. The van der Waals surface area contributed by atoms with Crippen LogP contribution in [0.15, 0.2) is 102 Å². The van der Waals surface area contributed by atoms with Crippen molar-refractivity contribution in [2.75, 3.05) is 4.90 Å². The molecule has 0 N–H and O–H groups in total. The third-order valence-corrected chi connectivity index (χ3v) is 11.2. The Labute approximate surface area is 261 Å². The van der Waals surface area contributed by atoms with Gasteiger partial charge in [0.2, 0.25) is 6.71 Å². The second-order valence-electron chi connectivity index (χ2n) is 13.4. The lowest BCUT2D eigenvalue weighted by Crippen LogP contribution is -2.64. The molecular formula is C39H37B2NS. The van der Waals surface area contributed by atoms with Crippen LogP contribution in [0.2, 0.25) is 0 Å². The van der Waals surface area contributed by atoms with Gasteiger partial charge in [0.25, 0.3) is 5.99 Å². The molecule has 0 bridgehead atoms. The van der Waals surface area contributed by atoms with E-state index in [0.717, 1.165) is 0 Å². The Morgan fingerprint density at radius 2 is 1.16 bits per heavy atom. The lowest BCUT2D eigenvalue weighted by atomic mass is 9.32. The minimum Gasteiger partial charge on any atom is -0.312 e. The van der Waals surface area contributed by atoms with Crippen molar-refractivity contribution in [2.24, 2.45) is 0 Å². The molecule has 0 aromatic heterocycles. The van der Waals surface area contributed by atoms with Crippen molar-refractivity contribution in [1.29, 1.82) is 0 Å². The van der Waals surface area contributed by atoms with Gasteiger partial charge < -0.3 is 4.90 Å². The molecule has 0 spiro atoms. The Morgan fingerprint density at radius 1 is 0.558 bits per heavy atom. The Kier molecular flexibility index (Phi) is 6.25. The van der Waals surface area contributed by atoms with Gasteiger partial charge in [-0.15, -0.1) is 0 Å². The van der Waals surface area contributed by atoms with Crippen molar-refractivity contribution in [3.63, 3.8) is 0 Å². The van der Waals surface area contributed by atoms with E-state index >= 15 is 0 Å². The van der Waals surface area contributed by atoms with Crippen LogP contribution in [0.3, 0.4) is 0 Å². The van der Waals surface area contributed by atoms with Crippen LogP contribution in [0.25, 0.3) is 11.1 Å². The molecule has 5 aromatic carbocycles. The zero-order chi connectivity index (χ0) is 29.6. The molecule has 0 atom stereocenters. The highest BCUT2D eigenvalue weighted by molar-refractivity contribution is 8.28. The first-order chi connectivity index (χ1) is 20.8. The van der Waals surface area contributed by atoms with Crippen molar-refractivity contribution in [3.05, 3.63) is 114 Å². The van der Waals surface area contributed by atoms with E-state index < -0.39 is 0 Å². The Hall–Kier alpha value is -3.62. The highest BCUT2D eigenvalue weighted by atomic mass is 32.2. The Balaban J connectivity index is 1.50. The van der Waals surface area contributed by atoms with Crippen LogP contribution >= 0.6 is 11.6 Å². The van der Waals surface area contributed by atoms with Gasteiger partial charge in [-0.05, 0) is 85.6 Å². The number of rotatable bonds is 4. The number of para-hydroxylation sites is 2. The lowest BCUT2D eigenvalue weighted by Gasteiger charge is -2.46.